The van der Waals surface area contributed by atoms with Crippen molar-refractivity contribution in [3.8, 4) is 0 Å². The van der Waals surface area contributed by atoms with Crippen molar-refractivity contribution in [2.45, 2.75) is 40.0 Å². The lowest BCUT2D eigenvalue weighted by Crippen LogP contribution is -2.39. The molecular weight excluding hydrogens is 514 g/mol. The average Bonchev–Trinajstić information content (AvgIpc) is 3.20. The van der Waals surface area contributed by atoms with Gasteiger partial charge in [0.1, 0.15) is 5.00 Å². The number of amides is 2. The Labute approximate surface area is 224 Å². The van der Waals surface area contributed by atoms with E-state index in [2.05, 4.69) is 31.4 Å². The minimum Gasteiger partial charge on any atom is -0.378 e. The number of thiophene rings is 1. The number of carbonyl (C=O) groups excluding carboxylic acids is 2. The number of hydrogen-bond donors (Lipinski definition) is 3. The summed E-state index contributed by atoms with van der Waals surface area (Å²) in [7, 11) is 0. The van der Waals surface area contributed by atoms with E-state index in [1.54, 1.807) is 6.07 Å². The lowest BCUT2D eigenvalue weighted by Gasteiger charge is -2.33. The van der Waals surface area contributed by atoms with E-state index in [0.29, 0.717) is 48.5 Å². The molecule has 0 spiro atoms. The van der Waals surface area contributed by atoms with Gasteiger partial charge in [0.2, 0.25) is 0 Å². The molecule has 10 nitrogen and oxygen atoms in total. The number of nitro benzene ring substituents is 1. The number of nitrogens with zero attached hydrogens (tertiary/aromatic N) is 2. The van der Waals surface area contributed by atoms with Crippen LogP contribution in [0.1, 0.15) is 58.3 Å². The number of non-ortho nitro benzene ring substituents is 1. The van der Waals surface area contributed by atoms with Gasteiger partial charge in [0.15, 0.2) is 5.11 Å². The van der Waals surface area contributed by atoms with E-state index in [4.69, 9.17) is 22.7 Å². The molecule has 1 aliphatic heterocycles. The predicted molar refractivity (Wildman–Crippen MR) is 148 cm³/mol. The van der Waals surface area contributed by atoms with E-state index in [-0.39, 0.29) is 21.8 Å². The highest BCUT2D eigenvalue weighted by Gasteiger charge is 2.33. The SMILES string of the molecule is CC(C)(C)[C@@H]1CCc2c(sc(NC(=S)NC(=O)c3cc([N+](=O)[O-])ccc3N3CCOCC3)c2C(N)=O)C1. The largest absolute Gasteiger partial charge is 0.378 e. The number of nitrogens with one attached hydrogen (secondary N) is 2. The smallest absolute Gasteiger partial charge is 0.270 e. The maximum absolute atomic E-state index is 13.2. The Morgan fingerprint density at radius 3 is 2.59 bits per heavy atom. The molecule has 37 heavy (non-hydrogen) atoms. The van der Waals surface area contributed by atoms with E-state index in [1.165, 1.54) is 23.5 Å². The third kappa shape index (κ3) is 5.91. The monoisotopic (exact) mass is 545 g/mol. The zero-order valence-corrected chi connectivity index (χ0v) is 22.7. The van der Waals surface area contributed by atoms with Crippen molar-refractivity contribution in [1.82, 2.24) is 5.32 Å². The van der Waals surface area contributed by atoms with Gasteiger partial charge in [-0.25, -0.2) is 0 Å². The highest BCUT2D eigenvalue weighted by Crippen LogP contribution is 2.44. The van der Waals surface area contributed by atoms with Crippen molar-refractivity contribution >= 4 is 56.9 Å². The van der Waals surface area contributed by atoms with E-state index in [1.807, 2.05) is 4.90 Å². The molecule has 1 aliphatic carbocycles. The van der Waals surface area contributed by atoms with Crippen LogP contribution in [0.2, 0.25) is 0 Å². The van der Waals surface area contributed by atoms with Crippen molar-refractivity contribution in [3.63, 3.8) is 0 Å². The molecule has 1 fully saturated rings. The summed E-state index contributed by atoms with van der Waals surface area (Å²) in [5, 5.41) is 17.5. The predicted octanol–water partition coefficient (Wildman–Crippen LogP) is 3.87. The van der Waals surface area contributed by atoms with Gasteiger partial charge in [-0.15, -0.1) is 11.3 Å². The summed E-state index contributed by atoms with van der Waals surface area (Å²) in [6.45, 7) is 8.74. The van der Waals surface area contributed by atoms with Crippen LogP contribution in [0.25, 0.3) is 0 Å². The van der Waals surface area contributed by atoms with Crippen LogP contribution in [0.3, 0.4) is 0 Å². The molecule has 0 unspecified atom stereocenters. The second kappa shape index (κ2) is 10.7. The minimum atomic E-state index is -0.586. The highest BCUT2D eigenvalue weighted by molar-refractivity contribution is 7.80. The standard InChI is InChI=1S/C25H31N5O5S2/c1-25(2,3)14-4-6-16-19(12-14)37-23(20(16)21(26)31)28-24(36)27-22(32)17-13-15(30(33)34)5-7-18(17)29-8-10-35-11-9-29/h5,7,13-14H,4,6,8-12H2,1-3H3,(H2,26,31)(H2,27,28,32,36)/t14-/m1/s1. The summed E-state index contributed by atoms with van der Waals surface area (Å²) in [6.07, 6.45) is 2.57. The van der Waals surface area contributed by atoms with Crippen molar-refractivity contribution in [2.24, 2.45) is 17.1 Å². The van der Waals surface area contributed by atoms with Gasteiger partial charge in [-0.1, -0.05) is 20.8 Å². The first-order chi connectivity index (χ1) is 17.5. The zero-order chi connectivity index (χ0) is 26.9. The third-order valence-corrected chi connectivity index (χ3v) is 8.35. The summed E-state index contributed by atoms with van der Waals surface area (Å²) in [5.41, 5.74) is 7.73. The molecule has 0 saturated carbocycles. The Bertz CT molecular complexity index is 1250. The van der Waals surface area contributed by atoms with Gasteiger partial charge in [0, 0.05) is 30.1 Å². The van der Waals surface area contributed by atoms with Gasteiger partial charge in [-0.05, 0) is 54.4 Å². The summed E-state index contributed by atoms with van der Waals surface area (Å²) in [4.78, 5) is 39.5. The number of thiocarbonyl (C=S) groups is 1. The molecule has 2 aromatic rings. The van der Waals surface area contributed by atoms with Crippen LogP contribution in [-0.4, -0.2) is 48.2 Å². The van der Waals surface area contributed by atoms with Gasteiger partial charge in [-0.3, -0.25) is 25.0 Å². The minimum absolute atomic E-state index is 0.0158. The lowest BCUT2D eigenvalue weighted by molar-refractivity contribution is -0.384. The molecule has 2 aliphatic rings. The number of nitrogens with two attached hydrogens (primary N) is 1. The third-order valence-electron chi connectivity index (χ3n) is 6.98. The van der Waals surface area contributed by atoms with Crippen molar-refractivity contribution in [1.29, 1.82) is 0 Å². The highest BCUT2D eigenvalue weighted by atomic mass is 32.1. The topological polar surface area (TPSA) is 140 Å². The molecular formula is C25H31N5O5S2. The number of morpholine rings is 1. The number of benzene rings is 1. The Kier molecular flexibility index (Phi) is 7.81. The maximum atomic E-state index is 13.2. The van der Waals surface area contributed by atoms with E-state index in [9.17, 15) is 19.7 Å². The average molecular weight is 546 g/mol. The number of carbonyl (C=O) groups is 2. The van der Waals surface area contributed by atoms with Gasteiger partial charge in [-0.2, -0.15) is 0 Å². The van der Waals surface area contributed by atoms with Gasteiger partial charge >= 0.3 is 0 Å². The second-order valence-electron chi connectivity index (χ2n) is 10.3. The van der Waals surface area contributed by atoms with Crippen LogP contribution in [-0.2, 0) is 17.6 Å². The molecule has 0 radical (unpaired) electrons. The van der Waals surface area contributed by atoms with E-state index in [0.717, 1.165) is 29.7 Å². The van der Waals surface area contributed by atoms with Crippen LogP contribution in [0.4, 0.5) is 16.4 Å². The van der Waals surface area contributed by atoms with Crippen LogP contribution < -0.4 is 21.3 Å². The van der Waals surface area contributed by atoms with E-state index >= 15 is 0 Å². The molecule has 198 valence electrons. The quantitative estimate of drug-likeness (QED) is 0.292. The fraction of sp³-hybridized carbons (Fsp3) is 0.480. The fourth-order valence-corrected chi connectivity index (χ4v) is 6.47. The first-order valence-electron chi connectivity index (χ1n) is 12.1. The Morgan fingerprint density at radius 2 is 1.97 bits per heavy atom. The number of nitro groups is 1. The summed E-state index contributed by atoms with van der Waals surface area (Å²) < 4.78 is 5.39. The number of rotatable bonds is 5. The van der Waals surface area contributed by atoms with Crippen molar-refractivity contribution in [2.75, 3.05) is 36.5 Å². The number of ether oxygens (including phenoxy) is 1. The molecule has 4 N–H and O–H groups in total. The molecule has 12 heteroatoms. The first-order valence-corrected chi connectivity index (χ1v) is 13.4. The summed E-state index contributed by atoms with van der Waals surface area (Å²) in [5.74, 6) is -0.652. The fourth-order valence-electron chi connectivity index (χ4n) is 4.88. The molecule has 4 rings (SSSR count). The number of fused-ring (bicyclic) bond motifs is 1. The molecule has 1 saturated heterocycles. The Morgan fingerprint density at radius 1 is 1.27 bits per heavy atom. The zero-order valence-electron chi connectivity index (χ0n) is 21.1. The summed E-state index contributed by atoms with van der Waals surface area (Å²) >= 11 is 6.84. The number of anilines is 2. The normalized spacial score (nSPS) is 17.6. The molecule has 2 heterocycles. The van der Waals surface area contributed by atoms with Gasteiger partial charge in [0.25, 0.3) is 17.5 Å². The van der Waals surface area contributed by atoms with Gasteiger partial charge in [0.05, 0.1) is 35.0 Å². The molecule has 0 bridgehead atoms. The number of hydrogen-bond acceptors (Lipinski definition) is 8. The molecule has 2 amide bonds. The second-order valence-corrected chi connectivity index (χ2v) is 11.9. The van der Waals surface area contributed by atoms with E-state index < -0.39 is 16.7 Å². The van der Waals surface area contributed by atoms with Crippen molar-refractivity contribution in [3.05, 3.63) is 49.9 Å². The van der Waals surface area contributed by atoms with Crippen molar-refractivity contribution < 1.29 is 19.2 Å². The Balaban J connectivity index is 1.56. The van der Waals surface area contributed by atoms with Gasteiger partial charge < -0.3 is 20.7 Å². The van der Waals surface area contributed by atoms with Crippen LogP contribution >= 0.6 is 23.6 Å². The van der Waals surface area contributed by atoms with Crippen LogP contribution in [0.5, 0.6) is 0 Å². The summed E-state index contributed by atoms with van der Waals surface area (Å²) in [6, 6.07) is 4.19. The lowest BCUT2D eigenvalue weighted by atomic mass is 9.72. The first kappa shape index (κ1) is 27.0. The molecule has 1 atom stereocenters. The maximum Gasteiger partial charge on any atom is 0.270 e. The molecule has 1 aromatic carbocycles. The van der Waals surface area contributed by atoms with Crippen LogP contribution in [0.15, 0.2) is 18.2 Å². The Hall–Kier alpha value is -3.09. The van der Waals surface area contributed by atoms with Crippen LogP contribution in [0, 0.1) is 21.4 Å². The molecule has 1 aromatic heterocycles. The number of primary amides is 1.